The van der Waals surface area contributed by atoms with Gasteiger partial charge in [0.25, 0.3) is 0 Å². The minimum absolute atomic E-state index is 0.0282. The molecule has 2 bridgehead atoms. The fourth-order valence-electron chi connectivity index (χ4n) is 9.18. The van der Waals surface area contributed by atoms with E-state index in [4.69, 9.17) is 4.74 Å². The van der Waals surface area contributed by atoms with Gasteiger partial charge in [-0.25, -0.2) is 0 Å². The molecule has 5 aliphatic rings. The number of phenols is 1. The van der Waals surface area contributed by atoms with E-state index in [2.05, 4.69) is 83.1 Å². The molecule has 9 rings (SSSR count). The standard InChI is InChI=1S/C36H36N2O3/c1-22-30(25-10-6-3-7-11-25)27-19-36(40)29-18-26-14-15-28(39)33-31(26)35(36,16-17-37(29)20-24-12-13-24)34(41-33)32(27)38(22)21-23-8-4-2-5-9-23/h2-11,14-15,24,29,34,39-40H,12-13,16-21H2,1H3/t29-,34+,35+,36-/m1/s1. The molecule has 3 aliphatic carbocycles. The lowest BCUT2D eigenvalue weighted by atomic mass is 9.49. The van der Waals surface area contributed by atoms with Crippen molar-refractivity contribution in [3.05, 3.63) is 106 Å². The molecule has 2 aliphatic heterocycles. The largest absolute Gasteiger partial charge is 0.504 e. The summed E-state index contributed by atoms with van der Waals surface area (Å²) in [5.74, 6) is 1.55. The van der Waals surface area contributed by atoms with Crippen molar-refractivity contribution in [3.63, 3.8) is 0 Å². The molecule has 5 heteroatoms. The Morgan fingerprint density at radius 3 is 2.49 bits per heavy atom. The Balaban J connectivity index is 1.32. The summed E-state index contributed by atoms with van der Waals surface area (Å²) in [4.78, 5) is 2.61. The summed E-state index contributed by atoms with van der Waals surface area (Å²) >= 11 is 0. The van der Waals surface area contributed by atoms with Crippen molar-refractivity contribution in [2.24, 2.45) is 5.92 Å². The minimum atomic E-state index is -0.987. The van der Waals surface area contributed by atoms with Crippen LogP contribution in [0, 0.1) is 12.8 Å². The first-order valence-electron chi connectivity index (χ1n) is 15.3. The molecule has 0 radical (unpaired) electrons. The Bertz CT molecular complexity index is 1690. The topological polar surface area (TPSA) is 57.9 Å². The lowest BCUT2D eigenvalue weighted by molar-refractivity contribution is -0.173. The minimum Gasteiger partial charge on any atom is -0.504 e. The molecular formula is C36H36N2O3. The molecule has 1 aromatic heterocycles. The molecule has 1 spiro atoms. The Morgan fingerprint density at radius 1 is 0.976 bits per heavy atom. The fourth-order valence-corrected chi connectivity index (χ4v) is 9.18. The van der Waals surface area contributed by atoms with Crippen molar-refractivity contribution in [2.75, 3.05) is 13.1 Å². The average Bonchev–Trinajstić information content (AvgIpc) is 3.67. The molecule has 0 amide bonds. The molecule has 1 saturated heterocycles. The predicted molar refractivity (Wildman–Crippen MR) is 158 cm³/mol. The van der Waals surface area contributed by atoms with Crippen molar-refractivity contribution < 1.29 is 14.9 Å². The van der Waals surface area contributed by atoms with E-state index in [1.54, 1.807) is 6.07 Å². The van der Waals surface area contributed by atoms with Gasteiger partial charge in [0, 0.05) is 42.4 Å². The van der Waals surface area contributed by atoms with Gasteiger partial charge < -0.3 is 19.5 Å². The van der Waals surface area contributed by atoms with E-state index >= 15 is 0 Å². The molecule has 3 aromatic carbocycles. The maximum absolute atomic E-state index is 13.3. The quantitative estimate of drug-likeness (QED) is 0.328. The zero-order valence-electron chi connectivity index (χ0n) is 23.5. The van der Waals surface area contributed by atoms with Crippen LogP contribution in [0.15, 0.2) is 72.8 Å². The number of benzene rings is 3. The maximum atomic E-state index is 13.3. The summed E-state index contributed by atoms with van der Waals surface area (Å²) < 4.78 is 9.42. The lowest BCUT2D eigenvalue weighted by Crippen LogP contribution is -2.74. The highest BCUT2D eigenvalue weighted by molar-refractivity contribution is 5.75. The molecule has 41 heavy (non-hydrogen) atoms. The second-order valence-corrected chi connectivity index (χ2v) is 13.2. The van der Waals surface area contributed by atoms with Gasteiger partial charge in [-0.1, -0.05) is 66.7 Å². The number of aromatic nitrogens is 1. The number of ether oxygens (including phenoxy) is 1. The van der Waals surface area contributed by atoms with Crippen LogP contribution in [-0.2, 0) is 24.8 Å². The molecule has 4 aromatic rings. The van der Waals surface area contributed by atoms with Gasteiger partial charge in [0.2, 0.25) is 0 Å². The van der Waals surface area contributed by atoms with Gasteiger partial charge in [-0.2, -0.15) is 0 Å². The highest BCUT2D eigenvalue weighted by atomic mass is 16.5. The van der Waals surface area contributed by atoms with E-state index in [0.717, 1.165) is 44.0 Å². The van der Waals surface area contributed by atoms with Gasteiger partial charge in [-0.15, -0.1) is 0 Å². The molecule has 208 valence electrons. The van der Waals surface area contributed by atoms with Gasteiger partial charge in [0.05, 0.1) is 16.7 Å². The summed E-state index contributed by atoms with van der Waals surface area (Å²) in [5, 5.41) is 24.4. The second kappa shape index (κ2) is 8.27. The van der Waals surface area contributed by atoms with Crippen LogP contribution >= 0.6 is 0 Å². The van der Waals surface area contributed by atoms with Crippen molar-refractivity contribution in [3.8, 4) is 22.6 Å². The Hall–Kier alpha value is -3.54. The van der Waals surface area contributed by atoms with Gasteiger partial charge >= 0.3 is 0 Å². The number of phenolic OH excluding ortho intramolecular Hbond substituents is 1. The van der Waals surface area contributed by atoms with Crippen LogP contribution in [0.3, 0.4) is 0 Å². The van der Waals surface area contributed by atoms with E-state index in [0.29, 0.717) is 12.2 Å². The molecular weight excluding hydrogens is 508 g/mol. The summed E-state index contributed by atoms with van der Waals surface area (Å²) in [5.41, 5.74) is 7.98. The molecule has 2 fully saturated rings. The summed E-state index contributed by atoms with van der Waals surface area (Å²) in [6, 6.07) is 25.2. The van der Waals surface area contributed by atoms with Crippen molar-refractivity contribution in [1.82, 2.24) is 9.47 Å². The third kappa shape index (κ3) is 3.09. The van der Waals surface area contributed by atoms with Crippen LogP contribution in [0.25, 0.3) is 11.1 Å². The lowest BCUT2D eigenvalue weighted by Gasteiger charge is -2.63. The zero-order valence-corrected chi connectivity index (χ0v) is 23.5. The van der Waals surface area contributed by atoms with Gasteiger partial charge in [-0.05, 0) is 73.4 Å². The number of likely N-dealkylation sites (tertiary alicyclic amines) is 1. The summed E-state index contributed by atoms with van der Waals surface area (Å²) in [6.07, 6.45) is 4.47. The van der Waals surface area contributed by atoms with Gasteiger partial charge in [0.15, 0.2) is 17.6 Å². The molecule has 0 unspecified atom stereocenters. The van der Waals surface area contributed by atoms with Crippen LogP contribution in [0.2, 0.25) is 0 Å². The van der Waals surface area contributed by atoms with Crippen LogP contribution in [0.5, 0.6) is 11.5 Å². The van der Waals surface area contributed by atoms with Crippen molar-refractivity contribution in [1.29, 1.82) is 0 Å². The number of aliphatic hydroxyl groups is 1. The van der Waals surface area contributed by atoms with Crippen LogP contribution < -0.4 is 4.74 Å². The number of rotatable bonds is 5. The Morgan fingerprint density at radius 2 is 1.73 bits per heavy atom. The Labute approximate surface area is 241 Å². The molecule has 2 N–H and O–H groups in total. The van der Waals surface area contributed by atoms with E-state index in [1.807, 2.05) is 0 Å². The normalized spacial score (nSPS) is 29.1. The van der Waals surface area contributed by atoms with E-state index in [-0.39, 0.29) is 17.9 Å². The highest BCUT2D eigenvalue weighted by Crippen LogP contribution is 2.69. The molecule has 3 heterocycles. The second-order valence-electron chi connectivity index (χ2n) is 13.2. The summed E-state index contributed by atoms with van der Waals surface area (Å²) in [7, 11) is 0. The molecule has 4 atom stereocenters. The molecule has 1 saturated carbocycles. The van der Waals surface area contributed by atoms with Crippen molar-refractivity contribution >= 4 is 0 Å². The van der Waals surface area contributed by atoms with Crippen LogP contribution in [-0.4, -0.2) is 44.4 Å². The number of hydrogen-bond donors (Lipinski definition) is 2. The first-order chi connectivity index (χ1) is 20.0. The fraction of sp³-hybridized carbons (Fsp3) is 0.389. The average molecular weight is 545 g/mol. The third-order valence-corrected chi connectivity index (χ3v) is 11.1. The van der Waals surface area contributed by atoms with Gasteiger partial charge in [-0.3, -0.25) is 4.90 Å². The number of aromatic hydroxyl groups is 1. The first-order valence-corrected chi connectivity index (χ1v) is 15.3. The maximum Gasteiger partial charge on any atom is 0.166 e. The van der Waals surface area contributed by atoms with E-state index in [9.17, 15) is 10.2 Å². The van der Waals surface area contributed by atoms with E-state index < -0.39 is 11.0 Å². The van der Waals surface area contributed by atoms with E-state index in [1.165, 1.54) is 52.0 Å². The smallest absolute Gasteiger partial charge is 0.166 e. The van der Waals surface area contributed by atoms with Crippen LogP contribution in [0.1, 0.15) is 59.0 Å². The number of hydrogen-bond acceptors (Lipinski definition) is 4. The zero-order chi connectivity index (χ0) is 27.5. The number of piperidine rings is 1. The molecule has 5 nitrogen and oxygen atoms in total. The Kier molecular flexibility index (Phi) is 4.86. The number of fused-ring (bicyclic) bond motifs is 2. The van der Waals surface area contributed by atoms with Crippen molar-refractivity contribution in [2.45, 2.75) is 68.7 Å². The van der Waals surface area contributed by atoms with Crippen LogP contribution in [0.4, 0.5) is 0 Å². The van der Waals surface area contributed by atoms with Gasteiger partial charge in [0.1, 0.15) is 0 Å². The highest BCUT2D eigenvalue weighted by Gasteiger charge is 2.73. The third-order valence-electron chi connectivity index (χ3n) is 11.1. The first kappa shape index (κ1) is 24.1. The SMILES string of the molecule is Cc1c(-c2ccccc2)c2c(n1Cc1ccccc1)[C@@H]1Oc3c(O)ccc4c3[C@@]13CCN(CC1CC1)[C@H](C4)[C@]3(O)C2. The predicted octanol–water partition coefficient (Wildman–Crippen LogP) is 5.92. The number of nitrogens with zero attached hydrogens (tertiary/aromatic N) is 2. The summed E-state index contributed by atoms with van der Waals surface area (Å²) in [6.45, 7) is 4.99. The monoisotopic (exact) mass is 544 g/mol.